The highest BCUT2D eigenvalue weighted by molar-refractivity contribution is 7.89. The number of carbonyl (C=O) groups is 1. The van der Waals surface area contributed by atoms with Gasteiger partial charge in [0.25, 0.3) is 5.91 Å². The van der Waals surface area contributed by atoms with Crippen LogP contribution in [0.1, 0.15) is 38.1 Å². The molecular weight excluding hydrogens is 354 g/mol. The Morgan fingerprint density at radius 2 is 1.69 bits per heavy atom. The van der Waals surface area contributed by atoms with Crippen molar-refractivity contribution in [2.24, 2.45) is 0 Å². The number of carbonyl (C=O) groups excluding carboxylic acids is 1. The van der Waals surface area contributed by atoms with E-state index in [-0.39, 0.29) is 16.4 Å². The van der Waals surface area contributed by atoms with Crippen molar-refractivity contribution in [2.75, 3.05) is 46.4 Å². The van der Waals surface area contributed by atoms with Gasteiger partial charge in [-0.05, 0) is 31.3 Å². The van der Waals surface area contributed by atoms with Crippen LogP contribution in [0.3, 0.4) is 0 Å². The van der Waals surface area contributed by atoms with Crippen molar-refractivity contribution in [3.8, 4) is 5.75 Å². The lowest BCUT2D eigenvalue weighted by Gasteiger charge is -2.20. The summed E-state index contributed by atoms with van der Waals surface area (Å²) in [6.07, 6.45) is 0. The van der Waals surface area contributed by atoms with Gasteiger partial charge in [0.1, 0.15) is 5.75 Å². The third kappa shape index (κ3) is 5.43. The molecule has 0 saturated heterocycles. The molecule has 0 atom stereocenters. The van der Waals surface area contributed by atoms with Crippen LogP contribution in [-0.4, -0.2) is 69.9 Å². The van der Waals surface area contributed by atoms with Gasteiger partial charge in [0.2, 0.25) is 10.0 Å². The number of nitrogens with zero attached hydrogens (tertiary/aromatic N) is 2. The molecule has 0 aliphatic heterocycles. The lowest BCUT2D eigenvalue weighted by molar-refractivity contribution is 0.0945. The molecular formula is C18H31N3O4S. The average Bonchev–Trinajstić information content (AvgIpc) is 2.65. The molecule has 0 aliphatic carbocycles. The highest BCUT2D eigenvalue weighted by Crippen LogP contribution is 2.24. The van der Waals surface area contributed by atoms with E-state index in [4.69, 9.17) is 4.74 Å². The number of methoxy groups -OCH3 is 1. The minimum Gasteiger partial charge on any atom is -0.496 e. The van der Waals surface area contributed by atoms with Gasteiger partial charge in [-0.1, -0.05) is 27.7 Å². The molecule has 1 rings (SSSR count). The van der Waals surface area contributed by atoms with Gasteiger partial charge in [0, 0.05) is 26.2 Å². The average molecular weight is 386 g/mol. The monoisotopic (exact) mass is 385 g/mol. The number of rotatable bonds is 11. The van der Waals surface area contributed by atoms with Crippen LogP contribution in [0, 0.1) is 0 Å². The van der Waals surface area contributed by atoms with E-state index in [1.165, 1.54) is 29.6 Å². The molecule has 148 valence electrons. The van der Waals surface area contributed by atoms with Gasteiger partial charge in [-0.3, -0.25) is 4.79 Å². The molecule has 0 fully saturated rings. The quantitative estimate of drug-likeness (QED) is 0.628. The van der Waals surface area contributed by atoms with Crippen molar-refractivity contribution in [1.29, 1.82) is 0 Å². The fourth-order valence-electron chi connectivity index (χ4n) is 2.70. The normalized spacial score (nSPS) is 11.8. The Morgan fingerprint density at radius 1 is 1.08 bits per heavy atom. The van der Waals surface area contributed by atoms with E-state index in [0.29, 0.717) is 25.4 Å². The second kappa shape index (κ2) is 10.5. The molecule has 1 aromatic rings. The molecule has 0 saturated carbocycles. The SMILES string of the molecule is CCN(CC)CCNC(=O)c1cc(S(=O)(=O)N(CC)CC)ccc1OC. The first-order chi connectivity index (χ1) is 12.3. The van der Waals surface area contributed by atoms with E-state index in [0.717, 1.165) is 19.6 Å². The first-order valence-corrected chi connectivity index (χ1v) is 10.5. The molecule has 0 bridgehead atoms. The third-order valence-electron chi connectivity index (χ3n) is 4.37. The fourth-order valence-corrected chi connectivity index (χ4v) is 4.18. The van der Waals surface area contributed by atoms with Crippen LogP contribution < -0.4 is 10.1 Å². The van der Waals surface area contributed by atoms with Crippen LogP contribution in [0.15, 0.2) is 23.1 Å². The van der Waals surface area contributed by atoms with Crippen molar-refractivity contribution >= 4 is 15.9 Å². The molecule has 0 aliphatic rings. The summed E-state index contributed by atoms with van der Waals surface area (Å²) in [5.41, 5.74) is 0.222. The van der Waals surface area contributed by atoms with Gasteiger partial charge in [-0.25, -0.2) is 8.42 Å². The molecule has 1 amide bonds. The summed E-state index contributed by atoms with van der Waals surface area (Å²) in [6.45, 7) is 11.5. The number of amides is 1. The van der Waals surface area contributed by atoms with Gasteiger partial charge in [0.05, 0.1) is 17.6 Å². The molecule has 0 unspecified atom stereocenters. The van der Waals surface area contributed by atoms with Gasteiger partial charge in [-0.2, -0.15) is 4.31 Å². The van der Waals surface area contributed by atoms with Crippen molar-refractivity contribution < 1.29 is 17.9 Å². The highest BCUT2D eigenvalue weighted by atomic mass is 32.2. The first kappa shape index (κ1) is 22.4. The topological polar surface area (TPSA) is 79.0 Å². The van der Waals surface area contributed by atoms with E-state index in [1.54, 1.807) is 13.8 Å². The minimum absolute atomic E-state index is 0.0934. The lowest BCUT2D eigenvalue weighted by Crippen LogP contribution is -2.35. The number of ether oxygens (including phenoxy) is 1. The Balaban J connectivity index is 3.05. The van der Waals surface area contributed by atoms with E-state index in [2.05, 4.69) is 24.1 Å². The molecule has 0 radical (unpaired) electrons. The maximum Gasteiger partial charge on any atom is 0.255 e. The number of hydrogen-bond acceptors (Lipinski definition) is 5. The summed E-state index contributed by atoms with van der Waals surface area (Å²) in [7, 11) is -2.18. The Morgan fingerprint density at radius 3 is 2.19 bits per heavy atom. The summed E-state index contributed by atoms with van der Waals surface area (Å²) in [4.78, 5) is 14.8. The molecule has 8 heteroatoms. The summed E-state index contributed by atoms with van der Waals surface area (Å²) in [5, 5.41) is 2.84. The zero-order valence-corrected chi connectivity index (χ0v) is 17.2. The second-order valence-corrected chi connectivity index (χ2v) is 7.67. The molecule has 0 aromatic heterocycles. The van der Waals surface area contributed by atoms with Crippen LogP contribution in [0.25, 0.3) is 0 Å². The minimum atomic E-state index is -3.63. The van der Waals surface area contributed by atoms with Crippen LogP contribution in [0.5, 0.6) is 5.75 Å². The third-order valence-corrected chi connectivity index (χ3v) is 6.41. The molecule has 0 spiro atoms. The fraction of sp³-hybridized carbons (Fsp3) is 0.611. The predicted molar refractivity (Wildman–Crippen MR) is 103 cm³/mol. The van der Waals surface area contributed by atoms with Crippen LogP contribution in [0.2, 0.25) is 0 Å². The predicted octanol–water partition coefficient (Wildman–Crippen LogP) is 1.80. The molecule has 0 heterocycles. The number of likely N-dealkylation sites (N-methyl/N-ethyl adjacent to an activating group) is 1. The molecule has 26 heavy (non-hydrogen) atoms. The van der Waals surface area contributed by atoms with E-state index in [9.17, 15) is 13.2 Å². The standard InChI is InChI=1S/C18H31N3O4S/c1-6-20(7-2)13-12-19-18(22)16-14-15(10-11-17(16)25-5)26(23,24)21(8-3)9-4/h10-11,14H,6-9,12-13H2,1-5H3,(H,19,22). The van der Waals surface area contributed by atoms with Gasteiger partial charge in [-0.15, -0.1) is 0 Å². The van der Waals surface area contributed by atoms with Gasteiger partial charge in [0.15, 0.2) is 0 Å². The van der Waals surface area contributed by atoms with Crippen molar-refractivity contribution in [3.05, 3.63) is 23.8 Å². The Labute approximate surface area is 157 Å². The number of sulfonamides is 1. The Kier molecular flexibility index (Phi) is 9.04. The van der Waals surface area contributed by atoms with Crippen LogP contribution in [0.4, 0.5) is 0 Å². The van der Waals surface area contributed by atoms with E-state index < -0.39 is 10.0 Å². The zero-order valence-electron chi connectivity index (χ0n) is 16.4. The van der Waals surface area contributed by atoms with Crippen molar-refractivity contribution in [3.63, 3.8) is 0 Å². The smallest absolute Gasteiger partial charge is 0.255 e. The summed E-state index contributed by atoms with van der Waals surface area (Å²) in [6, 6.07) is 4.38. The molecule has 1 N–H and O–H groups in total. The summed E-state index contributed by atoms with van der Waals surface area (Å²) >= 11 is 0. The molecule has 7 nitrogen and oxygen atoms in total. The zero-order chi connectivity index (χ0) is 19.7. The Hall–Kier alpha value is -1.64. The number of hydrogen-bond donors (Lipinski definition) is 1. The second-order valence-electron chi connectivity index (χ2n) is 5.73. The number of benzene rings is 1. The lowest BCUT2D eigenvalue weighted by atomic mass is 10.2. The highest BCUT2D eigenvalue weighted by Gasteiger charge is 2.24. The largest absolute Gasteiger partial charge is 0.496 e. The van der Waals surface area contributed by atoms with Crippen molar-refractivity contribution in [1.82, 2.24) is 14.5 Å². The molecule has 1 aromatic carbocycles. The number of nitrogens with one attached hydrogen (secondary N) is 1. The Bertz CT molecular complexity index is 684. The summed E-state index contributed by atoms with van der Waals surface area (Å²) < 4.78 is 32.0. The van der Waals surface area contributed by atoms with Crippen molar-refractivity contribution in [2.45, 2.75) is 32.6 Å². The summed E-state index contributed by atoms with van der Waals surface area (Å²) in [5.74, 6) is 0.00874. The maximum atomic E-state index is 12.7. The van der Waals surface area contributed by atoms with Crippen LogP contribution in [-0.2, 0) is 10.0 Å². The van der Waals surface area contributed by atoms with E-state index in [1.807, 2.05) is 0 Å². The van der Waals surface area contributed by atoms with Gasteiger partial charge < -0.3 is 15.0 Å². The first-order valence-electron chi connectivity index (χ1n) is 9.04. The van der Waals surface area contributed by atoms with Crippen LogP contribution >= 0.6 is 0 Å². The van der Waals surface area contributed by atoms with Gasteiger partial charge >= 0.3 is 0 Å². The maximum absolute atomic E-state index is 12.7. The van der Waals surface area contributed by atoms with E-state index >= 15 is 0 Å².